The Hall–Kier alpha value is -4.16. The molecule has 0 atom stereocenters. The molecule has 0 aromatic heterocycles. The maximum atomic E-state index is 2.38. The normalized spacial score (nSPS) is 11.4. The Morgan fingerprint density at radius 3 is 1.30 bits per heavy atom. The maximum absolute atomic E-state index is 2.38. The maximum Gasteiger partial charge on any atom is -0.00241 e. The van der Waals surface area contributed by atoms with Crippen molar-refractivity contribution < 1.29 is 0 Å². The van der Waals surface area contributed by atoms with Gasteiger partial charge in [0.05, 0.1) is 0 Å². The van der Waals surface area contributed by atoms with Gasteiger partial charge in [-0.15, -0.1) is 0 Å². The number of hydrogen-bond donors (Lipinski definition) is 0. The molecule has 0 heterocycles. The number of hydrogen-bond acceptors (Lipinski definition) is 0. The van der Waals surface area contributed by atoms with E-state index in [9.17, 15) is 0 Å². The van der Waals surface area contributed by atoms with Gasteiger partial charge in [-0.05, 0) is 113 Å². The van der Waals surface area contributed by atoms with Crippen molar-refractivity contribution in [1.82, 2.24) is 0 Å². The summed E-state index contributed by atoms with van der Waals surface area (Å²) in [6.07, 6.45) is 0. The van der Waals surface area contributed by atoms with Crippen LogP contribution in [0.1, 0.15) is 27.8 Å². The van der Waals surface area contributed by atoms with Crippen molar-refractivity contribution in [3.05, 3.63) is 131 Å². The highest BCUT2D eigenvalue weighted by Crippen LogP contribution is 2.40. The van der Waals surface area contributed by atoms with Crippen LogP contribution in [0.5, 0.6) is 0 Å². The molecule has 0 nitrogen and oxygen atoms in total. The lowest BCUT2D eigenvalue weighted by Crippen LogP contribution is -1.90. The third-order valence-electron chi connectivity index (χ3n) is 7.48. The Bertz CT molecular complexity index is 1670. The van der Waals surface area contributed by atoms with Gasteiger partial charge in [-0.25, -0.2) is 0 Å². The SMILES string of the molecule is Cc1cc(C)cc(-c2ccc3c(-c4ccccc4C)c4ccc(-c5cc(C)cc(C)c5)cc4cc3c2)c1. The van der Waals surface area contributed by atoms with Crippen LogP contribution in [0.25, 0.3) is 54.9 Å². The van der Waals surface area contributed by atoms with Crippen molar-refractivity contribution in [3.63, 3.8) is 0 Å². The molecular weight excluding hydrogens is 444 g/mol. The van der Waals surface area contributed by atoms with E-state index < -0.39 is 0 Å². The average Bonchev–Trinajstić information content (AvgIpc) is 2.86. The summed E-state index contributed by atoms with van der Waals surface area (Å²) in [5, 5.41) is 5.16. The number of benzene rings is 6. The van der Waals surface area contributed by atoms with Gasteiger partial charge in [0, 0.05) is 0 Å². The molecule has 0 aliphatic carbocycles. The fraction of sp³-hybridized carbons (Fsp3) is 0.135. The van der Waals surface area contributed by atoms with Crippen molar-refractivity contribution in [2.45, 2.75) is 34.6 Å². The fourth-order valence-electron chi connectivity index (χ4n) is 5.92. The largest absolute Gasteiger partial charge is 0.0620 e. The van der Waals surface area contributed by atoms with E-state index in [2.05, 4.69) is 138 Å². The second-order valence-electron chi connectivity index (χ2n) is 10.7. The molecule has 0 saturated carbocycles. The first kappa shape index (κ1) is 23.3. The lowest BCUT2D eigenvalue weighted by atomic mass is 9.87. The summed E-state index contributed by atoms with van der Waals surface area (Å²) in [5.41, 5.74) is 14.2. The summed E-state index contributed by atoms with van der Waals surface area (Å²) in [6, 6.07) is 38.7. The summed E-state index contributed by atoms with van der Waals surface area (Å²) in [7, 11) is 0. The molecule has 0 aliphatic heterocycles. The Morgan fingerprint density at radius 1 is 0.378 bits per heavy atom. The molecule has 0 amide bonds. The third-order valence-corrected chi connectivity index (χ3v) is 7.48. The first-order valence-corrected chi connectivity index (χ1v) is 13.1. The Balaban J connectivity index is 1.65. The summed E-state index contributed by atoms with van der Waals surface area (Å²) in [6.45, 7) is 10.9. The highest BCUT2D eigenvalue weighted by atomic mass is 14.2. The van der Waals surface area contributed by atoms with Crippen molar-refractivity contribution >= 4 is 21.5 Å². The molecule has 0 heteroatoms. The first-order valence-electron chi connectivity index (χ1n) is 13.1. The smallest absolute Gasteiger partial charge is 0.00241 e. The summed E-state index contributed by atoms with van der Waals surface area (Å²) in [4.78, 5) is 0. The van der Waals surface area contributed by atoms with Gasteiger partial charge >= 0.3 is 0 Å². The molecule has 0 fully saturated rings. The van der Waals surface area contributed by atoms with Gasteiger partial charge in [0.1, 0.15) is 0 Å². The zero-order chi connectivity index (χ0) is 25.7. The third kappa shape index (κ3) is 4.34. The zero-order valence-corrected chi connectivity index (χ0v) is 22.3. The monoisotopic (exact) mass is 476 g/mol. The van der Waals surface area contributed by atoms with Gasteiger partial charge in [-0.3, -0.25) is 0 Å². The van der Waals surface area contributed by atoms with E-state index in [0.717, 1.165) is 0 Å². The van der Waals surface area contributed by atoms with Gasteiger partial charge in [0.2, 0.25) is 0 Å². The second kappa shape index (κ2) is 9.05. The summed E-state index contributed by atoms with van der Waals surface area (Å²) >= 11 is 0. The van der Waals surface area contributed by atoms with Crippen molar-refractivity contribution in [2.75, 3.05) is 0 Å². The Kier molecular flexibility index (Phi) is 5.69. The van der Waals surface area contributed by atoms with Crippen LogP contribution in [0.3, 0.4) is 0 Å². The molecular formula is C37H32. The van der Waals surface area contributed by atoms with E-state index in [1.807, 2.05) is 0 Å². The van der Waals surface area contributed by atoms with Crippen molar-refractivity contribution in [1.29, 1.82) is 0 Å². The van der Waals surface area contributed by atoms with E-state index in [-0.39, 0.29) is 0 Å². The number of rotatable bonds is 3. The van der Waals surface area contributed by atoms with Crippen LogP contribution in [0.2, 0.25) is 0 Å². The molecule has 6 aromatic rings. The zero-order valence-electron chi connectivity index (χ0n) is 22.3. The minimum absolute atomic E-state index is 1.26. The highest BCUT2D eigenvalue weighted by Gasteiger charge is 2.14. The molecule has 0 radical (unpaired) electrons. The van der Waals surface area contributed by atoms with E-state index >= 15 is 0 Å². The summed E-state index contributed by atoms with van der Waals surface area (Å²) < 4.78 is 0. The molecule has 0 unspecified atom stereocenters. The topological polar surface area (TPSA) is 0 Å². The predicted molar refractivity (Wildman–Crippen MR) is 161 cm³/mol. The average molecular weight is 477 g/mol. The van der Waals surface area contributed by atoms with Gasteiger partial charge in [0.25, 0.3) is 0 Å². The molecule has 6 aromatic carbocycles. The van der Waals surface area contributed by atoms with Crippen LogP contribution in [-0.4, -0.2) is 0 Å². The number of fused-ring (bicyclic) bond motifs is 2. The van der Waals surface area contributed by atoms with Crippen LogP contribution >= 0.6 is 0 Å². The lowest BCUT2D eigenvalue weighted by Gasteiger charge is -2.16. The van der Waals surface area contributed by atoms with Crippen molar-refractivity contribution in [3.8, 4) is 33.4 Å². The van der Waals surface area contributed by atoms with Crippen LogP contribution in [0, 0.1) is 34.6 Å². The van der Waals surface area contributed by atoms with Gasteiger partial charge in [0.15, 0.2) is 0 Å². The van der Waals surface area contributed by atoms with Crippen molar-refractivity contribution in [2.24, 2.45) is 0 Å². The van der Waals surface area contributed by atoms with E-state index in [1.54, 1.807) is 0 Å². The molecule has 0 N–H and O–H groups in total. The standard InChI is InChI=1S/C37H32/c1-23-14-24(2)17-30(16-23)28-10-12-35-32(20-28)22-33-21-29(31-18-25(3)15-26(4)19-31)11-13-36(33)37(35)34-9-7-6-8-27(34)5/h6-22H,1-5H3. The van der Waals surface area contributed by atoms with Crippen LogP contribution in [0.4, 0.5) is 0 Å². The first-order chi connectivity index (χ1) is 17.9. The fourth-order valence-corrected chi connectivity index (χ4v) is 5.92. The quantitative estimate of drug-likeness (QED) is 0.223. The highest BCUT2D eigenvalue weighted by molar-refractivity contribution is 6.14. The summed E-state index contributed by atoms with van der Waals surface area (Å²) in [5.74, 6) is 0. The molecule has 6 rings (SSSR count). The molecule has 0 bridgehead atoms. The lowest BCUT2D eigenvalue weighted by molar-refractivity contribution is 1.38. The molecule has 0 spiro atoms. The van der Waals surface area contributed by atoms with Gasteiger partial charge < -0.3 is 0 Å². The molecule has 180 valence electrons. The molecule has 37 heavy (non-hydrogen) atoms. The second-order valence-corrected chi connectivity index (χ2v) is 10.7. The van der Waals surface area contributed by atoms with Gasteiger partial charge in [-0.2, -0.15) is 0 Å². The predicted octanol–water partition coefficient (Wildman–Crippen LogP) is 10.5. The molecule has 0 aliphatic rings. The van der Waals surface area contributed by atoms with Crippen LogP contribution in [-0.2, 0) is 0 Å². The Labute approximate surface area is 220 Å². The Morgan fingerprint density at radius 2 is 0.838 bits per heavy atom. The molecule has 0 saturated heterocycles. The van der Waals surface area contributed by atoms with Crippen LogP contribution in [0.15, 0.2) is 103 Å². The van der Waals surface area contributed by atoms with Crippen LogP contribution < -0.4 is 0 Å². The minimum atomic E-state index is 1.26. The van der Waals surface area contributed by atoms with E-state index in [4.69, 9.17) is 0 Å². The van der Waals surface area contributed by atoms with E-state index in [0.29, 0.717) is 0 Å². The van der Waals surface area contributed by atoms with E-state index in [1.165, 1.54) is 82.7 Å². The van der Waals surface area contributed by atoms with Gasteiger partial charge in [-0.1, -0.05) is 107 Å². The minimum Gasteiger partial charge on any atom is -0.0620 e. The number of aryl methyl sites for hydroxylation is 5.